The highest BCUT2D eigenvalue weighted by Crippen LogP contribution is 2.34. The van der Waals surface area contributed by atoms with Crippen LogP contribution in [0.25, 0.3) is 0 Å². The minimum absolute atomic E-state index is 0.0394. The quantitative estimate of drug-likeness (QED) is 0.926. The van der Waals surface area contributed by atoms with E-state index in [-0.39, 0.29) is 6.04 Å². The molecule has 0 aliphatic carbocycles. The first-order valence-corrected chi connectivity index (χ1v) is 7.10. The molecule has 0 aliphatic heterocycles. The van der Waals surface area contributed by atoms with E-state index in [0.717, 1.165) is 20.1 Å². The zero-order valence-corrected chi connectivity index (χ0v) is 12.1. The Morgan fingerprint density at radius 1 is 1.39 bits per heavy atom. The van der Waals surface area contributed by atoms with Gasteiger partial charge in [-0.1, -0.05) is 17.4 Å². The number of nitrogens with two attached hydrogens (primary N) is 1. The molecular formula is C11H15N5S2. The standard InChI is InChI=1S/C11H15N5S2/c1-7(12)8-5-4-6-13-9(8)17-11-15-14-10(18-11)16(2)3/h4-7H,12H2,1-3H3/t7-/m1/s1. The summed E-state index contributed by atoms with van der Waals surface area (Å²) in [6.07, 6.45) is 1.77. The molecule has 2 N–H and O–H groups in total. The van der Waals surface area contributed by atoms with Crippen molar-refractivity contribution in [2.45, 2.75) is 22.3 Å². The third-order valence-electron chi connectivity index (χ3n) is 2.25. The molecule has 0 saturated heterocycles. The molecule has 7 heteroatoms. The lowest BCUT2D eigenvalue weighted by molar-refractivity contribution is 0.779. The Morgan fingerprint density at radius 3 is 2.78 bits per heavy atom. The van der Waals surface area contributed by atoms with Crippen molar-refractivity contribution in [3.05, 3.63) is 23.9 Å². The van der Waals surface area contributed by atoms with Crippen LogP contribution >= 0.6 is 23.1 Å². The zero-order chi connectivity index (χ0) is 13.1. The number of rotatable bonds is 4. The van der Waals surface area contributed by atoms with E-state index in [1.165, 1.54) is 11.8 Å². The van der Waals surface area contributed by atoms with Crippen molar-refractivity contribution in [1.29, 1.82) is 0 Å². The minimum Gasteiger partial charge on any atom is -0.353 e. The molecule has 2 aromatic heterocycles. The van der Waals surface area contributed by atoms with Crippen molar-refractivity contribution >= 4 is 28.2 Å². The Bertz CT molecular complexity index is 524. The normalized spacial score (nSPS) is 12.4. The molecule has 2 heterocycles. The largest absolute Gasteiger partial charge is 0.353 e. The molecule has 0 unspecified atom stereocenters. The van der Waals surface area contributed by atoms with Crippen LogP contribution in [-0.4, -0.2) is 29.3 Å². The Kier molecular flexibility index (Phi) is 4.15. The summed E-state index contributed by atoms with van der Waals surface area (Å²) >= 11 is 3.05. The fraction of sp³-hybridized carbons (Fsp3) is 0.364. The Hall–Kier alpha value is -1.18. The van der Waals surface area contributed by atoms with Crippen molar-refractivity contribution in [3.63, 3.8) is 0 Å². The second kappa shape index (κ2) is 5.64. The van der Waals surface area contributed by atoms with Crippen molar-refractivity contribution in [2.75, 3.05) is 19.0 Å². The molecule has 0 aromatic carbocycles. The first kappa shape index (κ1) is 13.3. The van der Waals surface area contributed by atoms with Gasteiger partial charge in [-0.3, -0.25) is 0 Å². The van der Waals surface area contributed by atoms with E-state index in [9.17, 15) is 0 Å². The van der Waals surface area contributed by atoms with Gasteiger partial charge < -0.3 is 10.6 Å². The van der Waals surface area contributed by atoms with Crippen LogP contribution in [0.4, 0.5) is 5.13 Å². The summed E-state index contributed by atoms with van der Waals surface area (Å²) in [5.41, 5.74) is 6.96. The van der Waals surface area contributed by atoms with Gasteiger partial charge in [-0.05, 0) is 24.8 Å². The minimum atomic E-state index is -0.0394. The summed E-state index contributed by atoms with van der Waals surface area (Å²) in [7, 11) is 3.90. The van der Waals surface area contributed by atoms with Crippen molar-refractivity contribution < 1.29 is 0 Å². The van der Waals surface area contributed by atoms with E-state index in [4.69, 9.17) is 5.73 Å². The molecule has 0 amide bonds. The van der Waals surface area contributed by atoms with E-state index in [1.807, 2.05) is 38.1 Å². The summed E-state index contributed by atoms with van der Waals surface area (Å²) in [4.78, 5) is 6.29. The Balaban J connectivity index is 2.23. The van der Waals surface area contributed by atoms with Crippen LogP contribution in [0.1, 0.15) is 18.5 Å². The van der Waals surface area contributed by atoms with Crippen molar-refractivity contribution in [3.8, 4) is 0 Å². The summed E-state index contributed by atoms with van der Waals surface area (Å²) in [5.74, 6) is 0. The smallest absolute Gasteiger partial charge is 0.208 e. The van der Waals surface area contributed by atoms with Gasteiger partial charge in [-0.2, -0.15) is 0 Å². The van der Waals surface area contributed by atoms with Gasteiger partial charge in [0.2, 0.25) is 5.13 Å². The molecule has 0 spiro atoms. The fourth-order valence-corrected chi connectivity index (χ4v) is 3.20. The predicted molar refractivity (Wildman–Crippen MR) is 75.2 cm³/mol. The van der Waals surface area contributed by atoms with Gasteiger partial charge in [0.25, 0.3) is 0 Å². The van der Waals surface area contributed by atoms with E-state index in [0.29, 0.717) is 0 Å². The lowest BCUT2D eigenvalue weighted by Gasteiger charge is -2.09. The van der Waals surface area contributed by atoms with Crippen LogP contribution in [0.3, 0.4) is 0 Å². The summed E-state index contributed by atoms with van der Waals surface area (Å²) < 4.78 is 0.874. The molecule has 0 bridgehead atoms. The maximum absolute atomic E-state index is 5.93. The summed E-state index contributed by atoms with van der Waals surface area (Å²) in [5, 5.41) is 10.0. The third kappa shape index (κ3) is 2.98. The molecule has 0 radical (unpaired) electrons. The zero-order valence-electron chi connectivity index (χ0n) is 10.5. The van der Waals surface area contributed by atoms with Gasteiger partial charge in [0.1, 0.15) is 5.03 Å². The Morgan fingerprint density at radius 2 is 2.17 bits per heavy atom. The van der Waals surface area contributed by atoms with E-state index >= 15 is 0 Å². The number of hydrogen-bond donors (Lipinski definition) is 1. The van der Waals surface area contributed by atoms with Gasteiger partial charge in [-0.25, -0.2) is 4.98 Å². The molecule has 1 atom stereocenters. The van der Waals surface area contributed by atoms with Crippen LogP contribution in [-0.2, 0) is 0 Å². The highest BCUT2D eigenvalue weighted by molar-refractivity contribution is 8.01. The number of pyridine rings is 1. The number of nitrogens with zero attached hydrogens (tertiary/aromatic N) is 4. The number of anilines is 1. The molecule has 96 valence electrons. The SMILES string of the molecule is C[C@@H](N)c1cccnc1Sc1nnc(N(C)C)s1. The predicted octanol–water partition coefficient (Wildman–Crippen LogP) is 2.17. The topological polar surface area (TPSA) is 67.9 Å². The average Bonchev–Trinajstić information content (AvgIpc) is 2.78. The van der Waals surface area contributed by atoms with Gasteiger partial charge in [0.05, 0.1) is 0 Å². The maximum Gasteiger partial charge on any atom is 0.208 e. The summed E-state index contributed by atoms with van der Waals surface area (Å²) in [6.45, 7) is 1.95. The third-order valence-corrected chi connectivity index (χ3v) is 4.43. The molecule has 2 aromatic rings. The number of aromatic nitrogens is 3. The van der Waals surface area contributed by atoms with E-state index < -0.39 is 0 Å². The van der Waals surface area contributed by atoms with Gasteiger partial charge in [0.15, 0.2) is 4.34 Å². The van der Waals surface area contributed by atoms with Crippen LogP contribution < -0.4 is 10.6 Å². The van der Waals surface area contributed by atoms with E-state index in [1.54, 1.807) is 17.5 Å². The molecule has 18 heavy (non-hydrogen) atoms. The van der Waals surface area contributed by atoms with Gasteiger partial charge >= 0.3 is 0 Å². The van der Waals surface area contributed by atoms with Crippen LogP contribution in [0.5, 0.6) is 0 Å². The second-order valence-corrected chi connectivity index (χ2v) is 6.23. The highest BCUT2D eigenvalue weighted by atomic mass is 32.2. The molecular weight excluding hydrogens is 266 g/mol. The molecule has 5 nitrogen and oxygen atoms in total. The lowest BCUT2D eigenvalue weighted by atomic mass is 10.2. The maximum atomic E-state index is 5.93. The van der Waals surface area contributed by atoms with Crippen LogP contribution in [0, 0.1) is 0 Å². The van der Waals surface area contributed by atoms with Crippen molar-refractivity contribution in [2.24, 2.45) is 5.73 Å². The lowest BCUT2D eigenvalue weighted by Crippen LogP contribution is -2.07. The fourth-order valence-electron chi connectivity index (χ4n) is 1.34. The van der Waals surface area contributed by atoms with Crippen LogP contribution in [0.15, 0.2) is 27.7 Å². The average molecular weight is 281 g/mol. The van der Waals surface area contributed by atoms with Crippen molar-refractivity contribution in [1.82, 2.24) is 15.2 Å². The molecule has 0 aliphatic rings. The summed E-state index contributed by atoms with van der Waals surface area (Å²) in [6, 6.07) is 3.85. The Labute approximate surface area is 114 Å². The molecule has 0 saturated carbocycles. The second-order valence-electron chi connectivity index (χ2n) is 4.03. The monoisotopic (exact) mass is 281 g/mol. The molecule has 2 rings (SSSR count). The van der Waals surface area contributed by atoms with E-state index in [2.05, 4.69) is 15.2 Å². The first-order chi connectivity index (χ1) is 8.58. The van der Waals surface area contributed by atoms with Gasteiger partial charge in [-0.15, -0.1) is 10.2 Å². The number of hydrogen-bond acceptors (Lipinski definition) is 7. The van der Waals surface area contributed by atoms with Gasteiger partial charge in [0, 0.05) is 31.9 Å². The first-order valence-electron chi connectivity index (χ1n) is 5.47. The highest BCUT2D eigenvalue weighted by Gasteiger charge is 2.12. The molecule has 0 fully saturated rings. The van der Waals surface area contributed by atoms with Crippen LogP contribution in [0.2, 0.25) is 0 Å².